The highest BCUT2D eigenvalue weighted by Crippen LogP contribution is 2.33. The third-order valence-corrected chi connectivity index (χ3v) is 4.85. The van der Waals surface area contributed by atoms with Crippen LogP contribution in [0.1, 0.15) is 5.56 Å². The van der Waals surface area contributed by atoms with Gasteiger partial charge in [-0.2, -0.15) is 0 Å². The highest BCUT2D eigenvalue weighted by atomic mass is 32.2. The van der Waals surface area contributed by atoms with E-state index in [4.69, 9.17) is 9.97 Å². The standard InChI is InChI=1S/C21H16N2S/c1-15-11-13-17(14-12-15)24-21-18-9-5-6-10-19(18)22-20(23-21)16-7-3-2-4-8-16/h2-14H,1H3. The molecule has 0 saturated heterocycles. The summed E-state index contributed by atoms with van der Waals surface area (Å²) >= 11 is 1.68. The average molecular weight is 328 g/mol. The fourth-order valence-electron chi connectivity index (χ4n) is 2.56. The van der Waals surface area contributed by atoms with Gasteiger partial charge in [0, 0.05) is 15.8 Å². The SMILES string of the molecule is Cc1ccc(Sc2nc(-c3ccccc3)nc3ccccc23)cc1. The molecule has 0 amide bonds. The Bertz CT molecular complexity index is 980. The summed E-state index contributed by atoms with van der Waals surface area (Å²) in [4.78, 5) is 10.8. The molecule has 24 heavy (non-hydrogen) atoms. The fourth-order valence-corrected chi connectivity index (χ4v) is 3.47. The Balaban J connectivity index is 1.85. The molecule has 0 N–H and O–H groups in total. The van der Waals surface area contributed by atoms with Gasteiger partial charge in [0.1, 0.15) is 5.03 Å². The van der Waals surface area contributed by atoms with Gasteiger partial charge in [0.05, 0.1) is 5.52 Å². The summed E-state index contributed by atoms with van der Waals surface area (Å²) in [5.74, 6) is 0.768. The molecule has 1 heterocycles. The first-order chi connectivity index (χ1) is 11.8. The van der Waals surface area contributed by atoms with Crippen LogP contribution in [0.4, 0.5) is 0 Å². The van der Waals surface area contributed by atoms with Gasteiger partial charge in [-0.05, 0) is 25.1 Å². The Morgan fingerprint density at radius 2 is 1.42 bits per heavy atom. The van der Waals surface area contributed by atoms with Gasteiger partial charge >= 0.3 is 0 Å². The molecule has 0 saturated carbocycles. The van der Waals surface area contributed by atoms with E-state index in [-0.39, 0.29) is 0 Å². The summed E-state index contributed by atoms with van der Waals surface area (Å²) in [6.07, 6.45) is 0. The average Bonchev–Trinajstić information content (AvgIpc) is 2.64. The minimum absolute atomic E-state index is 0.768. The molecule has 0 radical (unpaired) electrons. The van der Waals surface area contributed by atoms with Crippen molar-refractivity contribution in [3.05, 3.63) is 84.4 Å². The smallest absolute Gasteiger partial charge is 0.161 e. The van der Waals surface area contributed by atoms with E-state index in [9.17, 15) is 0 Å². The van der Waals surface area contributed by atoms with E-state index in [2.05, 4.69) is 37.3 Å². The lowest BCUT2D eigenvalue weighted by Crippen LogP contribution is -1.93. The minimum atomic E-state index is 0.768. The monoisotopic (exact) mass is 328 g/mol. The Kier molecular flexibility index (Phi) is 4.01. The number of nitrogens with zero attached hydrogens (tertiary/aromatic N) is 2. The maximum atomic E-state index is 4.84. The lowest BCUT2D eigenvalue weighted by molar-refractivity contribution is 1.11. The van der Waals surface area contributed by atoms with E-state index in [1.807, 2.05) is 48.5 Å². The third kappa shape index (κ3) is 3.03. The van der Waals surface area contributed by atoms with Crippen molar-refractivity contribution in [1.29, 1.82) is 0 Å². The molecule has 0 bridgehead atoms. The number of hydrogen-bond donors (Lipinski definition) is 0. The van der Waals surface area contributed by atoms with Crippen LogP contribution in [0.15, 0.2) is 88.8 Å². The number of aromatic nitrogens is 2. The molecule has 0 spiro atoms. The van der Waals surface area contributed by atoms with Crippen molar-refractivity contribution in [2.24, 2.45) is 0 Å². The Morgan fingerprint density at radius 1 is 0.708 bits per heavy atom. The van der Waals surface area contributed by atoms with E-state index in [1.54, 1.807) is 11.8 Å². The predicted octanol–water partition coefficient (Wildman–Crippen LogP) is 5.76. The summed E-state index contributed by atoms with van der Waals surface area (Å²) in [5.41, 5.74) is 3.27. The van der Waals surface area contributed by atoms with Crippen molar-refractivity contribution in [3.63, 3.8) is 0 Å². The van der Waals surface area contributed by atoms with Crippen LogP contribution in [0.25, 0.3) is 22.3 Å². The molecule has 0 unspecified atom stereocenters. The van der Waals surface area contributed by atoms with Gasteiger partial charge in [-0.25, -0.2) is 9.97 Å². The van der Waals surface area contributed by atoms with E-state index in [1.165, 1.54) is 10.5 Å². The van der Waals surface area contributed by atoms with Gasteiger partial charge in [0.2, 0.25) is 0 Å². The van der Waals surface area contributed by atoms with E-state index >= 15 is 0 Å². The van der Waals surface area contributed by atoms with Gasteiger partial charge in [-0.1, -0.05) is 78.0 Å². The number of para-hydroxylation sites is 1. The van der Waals surface area contributed by atoms with E-state index < -0.39 is 0 Å². The van der Waals surface area contributed by atoms with Gasteiger partial charge < -0.3 is 0 Å². The molecule has 4 rings (SSSR count). The van der Waals surface area contributed by atoms with Crippen LogP contribution in [0.2, 0.25) is 0 Å². The molecule has 0 fully saturated rings. The predicted molar refractivity (Wildman–Crippen MR) is 100 cm³/mol. The van der Waals surface area contributed by atoms with Crippen LogP contribution in [-0.2, 0) is 0 Å². The maximum absolute atomic E-state index is 4.84. The molecule has 4 aromatic rings. The third-order valence-electron chi connectivity index (χ3n) is 3.84. The van der Waals surface area contributed by atoms with Crippen LogP contribution in [-0.4, -0.2) is 9.97 Å². The van der Waals surface area contributed by atoms with E-state index in [0.29, 0.717) is 0 Å². The summed E-state index contributed by atoms with van der Waals surface area (Å²) in [7, 11) is 0. The highest BCUT2D eigenvalue weighted by molar-refractivity contribution is 7.99. The van der Waals surface area contributed by atoms with Crippen molar-refractivity contribution < 1.29 is 0 Å². The molecule has 3 heteroatoms. The second-order valence-corrected chi connectivity index (χ2v) is 6.71. The summed E-state index contributed by atoms with van der Waals surface area (Å²) in [5, 5.41) is 2.08. The minimum Gasteiger partial charge on any atom is -0.228 e. The topological polar surface area (TPSA) is 25.8 Å². The largest absolute Gasteiger partial charge is 0.228 e. The van der Waals surface area contributed by atoms with Crippen molar-refractivity contribution in [2.45, 2.75) is 16.8 Å². The number of rotatable bonds is 3. The second kappa shape index (κ2) is 6.46. The van der Waals surface area contributed by atoms with Crippen molar-refractivity contribution in [1.82, 2.24) is 9.97 Å². The van der Waals surface area contributed by atoms with Gasteiger partial charge in [0.15, 0.2) is 5.82 Å². The molecule has 3 aromatic carbocycles. The number of aryl methyl sites for hydroxylation is 1. The molecule has 0 aliphatic rings. The first-order valence-corrected chi connectivity index (χ1v) is 8.68. The molecule has 0 atom stereocenters. The zero-order valence-electron chi connectivity index (χ0n) is 13.3. The van der Waals surface area contributed by atoms with Crippen molar-refractivity contribution in [2.75, 3.05) is 0 Å². The Morgan fingerprint density at radius 3 is 2.21 bits per heavy atom. The molecule has 0 aliphatic heterocycles. The van der Waals surface area contributed by atoms with Crippen LogP contribution < -0.4 is 0 Å². The lowest BCUT2D eigenvalue weighted by Gasteiger charge is -2.09. The molecule has 1 aromatic heterocycles. The van der Waals surface area contributed by atoms with Gasteiger partial charge in [-0.15, -0.1) is 0 Å². The van der Waals surface area contributed by atoms with Crippen LogP contribution in [0, 0.1) is 6.92 Å². The number of benzene rings is 3. The molecular weight excluding hydrogens is 312 g/mol. The van der Waals surface area contributed by atoms with Gasteiger partial charge in [-0.3, -0.25) is 0 Å². The van der Waals surface area contributed by atoms with Gasteiger partial charge in [0.25, 0.3) is 0 Å². The summed E-state index contributed by atoms with van der Waals surface area (Å²) in [6, 6.07) is 26.8. The summed E-state index contributed by atoms with van der Waals surface area (Å²) in [6.45, 7) is 2.10. The van der Waals surface area contributed by atoms with Crippen molar-refractivity contribution in [3.8, 4) is 11.4 Å². The highest BCUT2D eigenvalue weighted by Gasteiger charge is 2.10. The molecular formula is C21H16N2S. The zero-order chi connectivity index (χ0) is 16.4. The molecule has 2 nitrogen and oxygen atoms in total. The number of hydrogen-bond acceptors (Lipinski definition) is 3. The second-order valence-electron chi connectivity index (χ2n) is 5.65. The fraction of sp³-hybridized carbons (Fsp3) is 0.0476. The molecule has 0 aliphatic carbocycles. The van der Waals surface area contributed by atoms with Crippen LogP contribution >= 0.6 is 11.8 Å². The number of fused-ring (bicyclic) bond motifs is 1. The summed E-state index contributed by atoms with van der Waals surface area (Å²) < 4.78 is 0. The Hall–Kier alpha value is -2.65. The lowest BCUT2D eigenvalue weighted by atomic mass is 10.2. The quantitative estimate of drug-likeness (QED) is 0.447. The first-order valence-electron chi connectivity index (χ1n) is 7.86. The maximum Gasteiger partial charge on any atom is 0.161 e. The normalized spacial score (nSPS) is 10.9. The molecule has 116 valence electrons. The first kappa shape index (κ1) is 14.9. The Labute approximate surface area is 145 Å². The van der Waals surface area contributed by atoms with Crippen LogP contribution in [0.3, 0.4) is 0 Å². The van der Waals surface area contributed by atoms with Crippen LogP contribution in [0.5, 0.6) is 0 Å². The van der Waals surface area contributed by atoms with E-state index in [0.717, 1.165) is 27.3 Å². The zero-order valence-corrected chi connectivity index (χ0v) is 14.1. The van der Waals surface area contributed by atoms with Crippen molar-refractivity contribution >= 4 is 22.7 Å².